The summed E-state index contributed by atoms with van der Waals surface area (Å²) in [5.41, 5.74) is 1.19. The largest absolute Gasteiger partial charge is 0.470 e. The molecule has 0 spiro atoms. The minimum atomic E-state index is -0.203. The number of benzene rings is 1. The summed E-state index contributed by atoms with van der Waals surface area (Å²) in [7, 11) is 0. The van der Waals surface area contributed by atoms with Gasteiger partial charge in [0.05, 0.1) is 13.2 Å². The van der Waals surface area contributed by atoms with Crippen LogP contribution in [0.5, 0.6) is 5.88 Å². The zero-order valence-electron chi connectivity index (χ0n) is 14.4. The second-order valence-corrected chi connectivity index (χ2v) is 6.02. The first-order chi connectivity index (χ1) is 12.8. The summed E-state index contributed by atoms with van der Waals surface area (Å²) >= 11 is 0. The maximum atomic E-state index is 12.4. The quantitative estimate of drug-likeness (QED) is 0.789. The summed E-state index contributed by atoms with van der Waals surface area (Å²) < 4.78 is 11.3. The maximum Gasteiger partial charge on any atom is 0.251 e. The predicted molar refractivity (Wildman–Crippen MR) is 93.1 cm³/mol. The summed E-state index contributed by atoms with van der Waals surface area (Å²) in [6.07, 6.45) is 4.37. The summed E-state index contributed by atoms with van der Waals surface area (Å²) in [4.78, 5) is 22.1. The Morgan fingerprint density at radius 2 is 2.08 bits per heavy atom. The number of rotatable bonds is 6. The lowest BCUT2D eigenvalue weighted by Crippen LogP contribution is -2.45. The third kappa shape index (κ3) is 4.77. The van der Waals surface area contributed by atoms with Crippen LogP contribution < -0.4 is 4.74 Å². The van der Waals surface area contributed by atoms with Gasteiger partial charge in [-0.2, -0.15) is 5.26 Å². The molecule has 2 heterocycles. The van der Waals surface area contributed by atoms with Gasteiger partial charge < -0.3 is 14.4 Å². The molecular weight excluding hydrogens is 332 g/mol. The molecule has 1 amide bonds. The van der Waals surface area contributed by atoms with E-state index >= 15 is 0 Å². The van der Waals surface area contributed by atoms with E-state index < -0.39 is 0 Å². The second kappa shape index (κ2) is 8.92. The van der Waals surface area contributed by atoms with Crippen LogP contribution in [0.3, 0.4) is 0 Å². The van der Waals surface area contributed by atoms with Gasteiger partial charge in [-0.15, -0.1) is 0 Å². The van der Waals surface area contributed by atoms with Crippen LogP contribution in [-0.4, -0.2) is 46.6 Å². The van der Waals surface area contributed by atoms with Crippen LogP contribution >= 0.6 is 0 Å². The molecule has 1 saturated heterocycles. The number of nitriles is 1. The fraction of sp³-hybridized carbons (Fsp3) is 0.368. The number of hydrogen-bond acceptors (Lipinski definition) is 6. The van der Waals surface area contributed by atoms with Gasteiger partial charge in [-0.1, -0.05) is 30.3 Å². The summed E-state index contributed by atoms with van der Waals surface area (Å²) in [6.45, 7) is 1.58. The van der Waals surface area contributed by atoms with Gasteiger partial charge in [0.1, 0.15) is 18.8 Å². The molecule has 1 aromatic heterocycles. The van der Waals surface area contributed by atoms with E-state index in [0.717, 1.165) is 18.4 Å². The van der Waals surface area contributed by atoms with Crippen molar-refractivity contribution in [3.63, 3.8) is 0 Å². The molecule has 1 aromatic carbocycles. The van der Waals surface area contributed by atoms with E-state index in [0.29, 0.717) is 19.7 Å². The Labute approximate surface area is 152 Å². The maximum absolute atomic E-state index is 12.4. The second-order valence-electron chi connectivity index (χ2n) is 6.02. The molecule has 0 aliphatic carbocycles. The van der Waals surface area contributed by atoms with Gasteiger partial charge >= 0.3 is 0 Å². The lowest BCUT2D eigenvalue weighted by atomic mass is 10.1. The normalized spacial score (nSPS) is 16.7. The molecule has 1 atom stereocenters. The monoisotopic (exact) mass is 352 g/mol. The average Bonchev–Trinajstić information content (AvgIpc) is 2.69. The molecular formula is C19H20N4O3. The lowest BCUT2D eigenvalue weighted by Gasteiger charge is -2.32. The highest BCUT2D eigenvalue weighted by atomic mass is 16.5. The number of hydrogen-bond donors (Lipinski definition) is 0. The highest BCUT2D eigenvalue weighted by Gasteiger charge is 2.26. The Morgan fingerprint density at radius 3 is 2.88 bits per heavy atom. The van der Waals surface area contributed by atoms with E-state index in [-0.39, 0.29) is 30.2 Å². The third-order valence-corrected chi connectivity index (χ3v) is 4.12. The summed E-state index contributed by atoms with van der Waals surface area (Å²) in [5.74, 6) is 0.156. The van der Waals surface area contributed by atoms with E-state index in [1.807, 2.05) is 36.4 Å². The molecule has 1 fully saturated rings. The molecule has 7 heteroatoms. The van der Waals surface area contributed by atoms with Crippen molar-refractivity contribution in [2.24, 2.45) is 0 Å². The molecule has 134 valence electrons. The highest BCUT2D eigenvalue weighted by Crippen LogP contribution is 2.18. The van der Waals surface area contributed by atoms with E-state index in [1.54, 1.807) is 4.90 Å². The Balaban J connectivity index is 1.49. The van der Waals surface area contributed by atoms with Crippen LogP contribution in [0.1, 0.15) is 24.1 Å². The van der Waals surface area contributed by atoms with Gasteiger partial charge in [-0.25, -0.2) is 9.97 Å². The molecule has 0 N–H and O–H groups in total. The standard InChI is InChI=1S/C19H20N4O3/c20-11-17-19(22-9-8-21-17)26-16-7-4-10-23(12-16)18(24)14-25-13-15-5-2-1-3-6-15/h1-3,5-6,8-9,16H,4,7,10,12-14H2/t16-/m0/s1. The SMILES string of the molecule is N#Cc1nccnc1O[C@H]1CCCN(C(=O)COCc2ccccc2)C1. The molecule has 0 radical (unpaired) electrons. The van der Waals surface area contributed by atoms with Crippen LogP contribution in [0.2, 0.25) is 0 Å². The molecule has 0 unspecified atom stereocenters. The summed E-state index contributed by atoms with van der Waals surface area (Å²) in [5, 5.41) is 9.07. The molecule has 3 rings (SSSR count). The summed E-state index contributed by atoms with van der Waals surface area (Å²) in [6, 6.07) is 11.7. The fourth-order valence-electron chi connectivity index (χ4n) is 2.83. The Hall–Kier alpha value is -2.98. The van der Waals surface area contributed by atoms with E-state index in [1.165, 1.54) is 12.4 Å². The van der Waals surface area contributed by atoms with Crippen LogP contribution in [0.15, 0.2) is 42.7 Å². The van der Waals surface area contributed by atoms with Crippen molar-refractivity contribution in [2.45, 2.75) is 25.6 Å². The number of amides is 1. The fourth-order valence-corrected chi connectivity index (χ4v) is 2.83. The Bertz CT molecular complexity index is 776. The van der Waals surface area contributed by atoms with Gasteiger partial charge in [-0.3, -0.25) is 4.79 Å². The molecule has 0 saturated carbocycles. The molecule has 7 nitrogen and oxygen atoms in total. The number of ether oxygens (including phenoxy) is 2. The van der Waals surface area contributed by atoms with Crippen molar-refractivity contribution in [3.8, 4) is 11.9 Å². The van der Waals surface area contributed by atoms with Crippen molar-refractivity contribution in [3.05, 3.63) is 54.0 Å². The van der Waals surface area contributed by atoms with Crippen LogP contribution in [0, 0.1) is 11.3 Å². The van der Waals surface area contributed by atoms with Crippen molar-refractivity contribution < 1.29 is 14.3 Å². The Morgan fingerprint density at radius 1 is 1.27 bits per heavy atom. The van der Waals surface area contributed by atoms with Crippen molar-refractivity contribution in [1.82, 2.24) is 14.9 Å². The first-order valence-electron chi connectivity index (χ1n) is 8.53. The molecule has 0 bridgehead atoms. The zero-order valence-corrected chi connectivity index (χ0v) is 14.4. The average molecular weight is 352 g/mol. The van der Waals surface area contributed by atoms with Crippen LogP contribution in [-0.2, 0) is 16.1 Å². The minimum absolute atomic E-state index is 0.0379. The Kier molecular flexibility index (Phi) is 6.12. The molecule has 26 heavy (non-hydrogen) atoms. The number of likely N-dealkylation sites (tertiary alicyclic amines) is 1. The lowest BCUT2D eigenvalue weighted by molar-refractivity contribution is -0.139. The smallest absolute Gasteiger partial charge is 0.251 e. The molecule has 1 aliphatic rings. The third-order valence-electron chi connectivity index (χ3n) is 4.12. The first kappa shape index (κ1) is 17.8. The van der Waals surface area contributed by atoms with Gasteiger partial charge in [0, 0.05) is 18.9 Å². The number of aromatic nitrogens is 2. The highest BCUT2D eigenvalue weighted by molar-refractivity contribution is 5.77. The predicted octanol–water partition coefficient (Wildman–Crippen LogP) is 1.93. The van der Waals surface area contributed by atoms with Gasteiger partial charge in [-0.05, 0) is 18.4 Å². The van der Waals surface area contributed by atoms with Crippen LogP contribution in [0.4, 0.5) is 0 Å². The topological polar surface area (TPSA) is 88.3 Å². The number of nitrogens with zero attached hydrogens (tertiary/aromatic N) is 4. The van der Waals surface area contributed by atoms with Gasteiger partial charge in [0.2, 0.25) is 11.6 Å². The minimum Gasteiger partial charge on any atom is -0.470 e. The first-order valence-corrected chi connectivity index (χ1v) is 8.53. The van der Waals surface area contributed by atoms with Gasteiger partial charge in [0.15, 0.2) is 0 Å². The van der Waals surface area contributed by atoms with Gasteiger partial charge in [0.25, 0.3) is 5.88 Å². The number of carbonyl (C=O) groups is 1. The number of piperidine rings is 1. The van der Waals surface area contributed by atoms with Crippen molar-refractivity contribution in [1.29, 1.82) is 5.26 Å². The van der Waals surface area contributed by atoms with Crippen molar-refractivity contribution in [2.75, 3.05) is 19.7 Å². The molecule has 1 aliphatic heterocycles. The van der Waals surface area contributed by atoms with E-state index in [4.69, 9.17) is 14.7 Å². The zero-order chi connectivity index (χ0) is 18.2. The van der Waals surface area contributed by atoms with E-state index in [2.05, 4.69) is 9.97 Å². The molecule has 2 aromatic rings. The number of carbonyl (C=O) groups excluding carboxylic acids is 1. The van der Waals surface area contributed by atoms with Crippen molar-refractivity contribution >= 4 is 5.91 Å². The van der Waals surface area contributed by atoms with Crippen LogP contribution in [0.25, 0.3) is 0 Å². The van der Waals surface area contributed by atoms with E-state index in [9.17, 15) is 4.79 Å².